The molecule has 1 aliphatic carbocycles. The van der Waals surface area contributed by atoms with Crippen molar-refractivity contribution in [1.29, 1.82) is 0 Å². The fourth-order valence-corrected chi connectivity index (χ4v) is 3.51. The van der Waals surface area contributed by atoms with Gasteiger partial charge in [-0.05, 0) is 31.4 Å². The van der Waals surface area contributed by atoms with Gasteiger partial charge in [-0.25, -0.2) is 0 Å². The van der Waals surface area contributed by atoms with E-state index in [1.54, 1.807) is 18.9 Å². The van der Waals surface area contributed by atoms with Crippen molar-refractivity contribution >= 4 is 17.7 Å². The number of amides is 1. The summed E-state index contributed by atoms with van der Waals surface area (Å²) in [6.07, 6.45) is 2.18. The van der Waals surface area contributed by atoms with Gasteiger partial charge in [-0.3, -0.25) is 4.79 Å². The molecule has 0 atom stereocenters. The quantitative estimate of drug-likeness (QED) is 0.744. The first-order valence-corrected chi connectivity index (χ1v) is 9.14. The highest BCUT2D eigenvalue weighted by Crippen LogP contribution is 2.25. The molecule has 1 amide bonds. The van der Waals surface area contributed by atoms with Crippen LogP contribution < -0.4 is 5.32 Å². The summed E-state index contributed by atoms with van der Waals surface area (Å²) in [4.78, 5) is 12.4. The fourth-order valence-electron chi connectivity index (χ4n) is 2.48. The molecule has 1 heterocycles. The summed E-state index contributed by atoms with van der Waals surface area (Å²) in [7, 11) is 1.65. The lowest BCUT2D eigenvalue weighted by Crippen LogP contribution is -2.26. The third-order valence-electron chi connectivity index (χ3n) is 3.91. The SMILES string of the molecule is CCn1c(COC)nnc1SCc1ccccc1C(=O)NC1CC1. The Hall–Kier alpha value is -1.86. The maximum Gasteiger partial charge on any atom is 0.251 e. The molecule has 0 saturated heterocycles. The largest absolute Gasteiger partial charge is 0.377 e. The van der Waals surface area contributed by atoms with Gasteiger partial charge in [0, 0.05) is 31.0 Å². The summed E-state index contributed by atoms with van der Waals surface area (Å²) in [6.45, 7) is 3.29. The number of hydrogen-bond acceptors (Lipinski definition) is 5. The van der Waals surface area contributed by atoms with Crippen LogP contribution in [0, 0.1) is 0 Å². The average molecular weight is 346 g/mol. The van der Waals surface area contributed by atoms with Crippen LogP contribution in [0.4, 0.5) is 0 Å². The van der Waals surface area contributed by atoms with Gasteiger partial charge in [0.1, 0.15) is 6.61 Å². The molecule has 0 spiro atoms. The van der Waals surface area contributed by atoms with Crippen LogP contribution in [0.25, 0.3) is 0 Å². The van der Waals surface area contributed by atoms with Crippen LogP contribution in [0.1, 0.15) is 41.5 Å². The lowest BCUT2D eigenvalue weighted by Gasteiger charge is -2.10. The minimum absolute atomic E-state index is 0.0192. The van der Waals surface area contributed by atoms with Crippen molar-refractivity contribution < 1.29 is 9.53 Å². The highest BCUT2D eigenvalue weighted by atomic mass is 32.2. The van der Waals surface area contributed by atoms with E-state index in [1.165, 1.54) is 0 Å². The number of rotatable bonds is 8. The molecule has 3 rings (SSSR count). The molecular formula is C17H22N4O2S. The monoisotopic (exact) mass is 346 g/mol. The van der Waals surface area contributed by atoms with Crippen LogP contribution in [0.3, 0.4) is 0 Å². The predicted molar refractivity (Wildman–Crippen MR) is 92.9 cm³/mol. The number of ether oxygens (including phenoxy) is 1. The third-order valence-corrected chi connectivity index (χ3v) is 4.93. The number of nitrogens with zero attached hydrogens (tertiary/aromatic N) is 3. The van der Waals surface area contributed by atoms with E-state index in [0.29, 0.717) is 18.4 Å². The zero-order valence-electron chi connectivity index (χ0n) is 14.0. The number of benzene rings is 1. The highest BCUT2D eigenvalue weighted by Gasteiger charge is 2.24. The Morgan fingerprint density at radius 2 is 2.17 bits per heavy atom. The van der Waals surface area contributed by atoms with E-state index in [4.69, 9.17) is 4.74 Å². The van der Waals surface area contributed by atoms with Gasteiger partial charge >= 0.3 is 0 Å². The summed E-state index contributed by atoms with van der Waals surface area (Å²) < 4.78 is 7.20. The maximum atomic E-state index is 12.4. The second kappa shape index (κ2) is 7.81. The summed E-state index contributed by atoms with van der Waals surface area (Å²) in [5.41, 5.74) is 1.76. The summed E-state index contributed by atoms with van der Waals surface area (Å²) in [5.74, 6) is 1.52. The van der Waals surface area contributed by atoms with Crippen LogP contribution in [0.5, 0.6) is 0 Å². The van der Waals surface area contributed by atoms with Gasteiger partial charge in [0.2, 0.25) is 0 Å². The van der Waals surface area contributed by atoms with Gasteiger partial charge in [-0.2, -0.15) is 0 Å². The Morgan fingerprint density at radius 1 is 1.38 bits per heavy atom. The second-order valence-electron chi connectivity index (χ2n) is 5.77. The van der Waals surface area contributed by atoms with Gasteiger partial charge in [0.25, 0.3) is 5.91 Å². The molecule has 0 aliphatic heterocycles. The first-order chi connectivity index (χ1) is 11.7. The molecule has 1 aliphatic rings. The Labute approximate surface area is 146 Å². The fraction of sp³-hybridized carbons (Fsp3) is 0.471. The van der Waals surface area contributed by atoms with Crippen molar-refractivity contribution in [3.63, 3.8) is 0 Å². The smallest absolute Gasteiger partial charge is 0.251 e. The van der Waals surface area contributed by atoms with Crippen LogP contribution in [-0.2, 0) is 23.6 Å². The summed E-state index contributed by atoms with van der Waals surface area (Å²) in [5, 5.41) is 12.3. The molecule has 0 bridgehead atoms. The van der Waals surface area contributed by atoms with Crippen molar-refractivity contribution in [2.45, 2.75) is 49.9 Å². The number of aromatic nitrogens is 3. The van der Waals surface area contributed by atoms with Crippen molar-refractivity contribution in [3.8, 4) is 0 Å². The van der Waals surface area contributed by atoms with E-state index in [0.717, 1.165) is 41.5 Å². The molecule has 0 unspecified atom stereocenters. The minimum Gasteiger partial charge on any atom is -0.377 e. The average Bonchev–Trinajstić information content (AvgIpc) is 3.32. The van der Waals surface area contributed by atoms with E-state index < -0.39 is 0 Å². The van der Waals surface area contributed by atoms with Crippen molar-refractivity contribution in [2.75, 3.05) is 7.11 Å². The number of carbonyl (C=O) groups is 1. The molecule has 24 heavy (non-hydrogen) atoms. The number of hydrogen-bond donors (Lipinski definition) is 1. The van der Waals surface area contributed by atoms with Crippen molar-refractivity contribution in [1.82, 2.24) is 20.1 Å². The first-order valence-electron chi connectivity index (χ1n) is 8.15. The van der Waals surface area contributed by atoms with Crippen LogP contribution in [-0.4, -0.2) is 33.8 Å². The molecule has 128 valence electrons. The molecule has 0 radical (unpaired) electrons. The number of methoxy groups -OCH3 is 1. The van der Waals surface area contributed by atoms with E-state index >= 15 is 0 Å². The Bertz CT molecular complexity index is 712. The van der Waals surface area contributed by atoms with Gasteiger partial charge in [0.05, 0.1) is 0 Å². The van der Waals surface area contributed by atoms with Gasteiger partial charge in [-0.15, -0.1) is 10.2 Å². The van der Waals surface area contributed by atoms with E-state index in [1.807, 2.05) is 28.8 Å². The van der Waals surface area contributed by atoms with E-state index in [9.17, 15) is 4.79 Å². The topological polar surface area (TPSA) is 69.0 Å². The molecule has 1 aromatic carbocycles. The third kappa shape index (κ3) is 3.96. The van der Waals surface area contributed by atoms with Crippen LogP contribution in [0.15, 0.2) is 29.4 Å². The lowest BCUT2D eigenvalue weighted by molar-refractivity contribution is 0.0950. The zero-order chi connectivity index (χ0) is 16.9. The summed E-state index contributed by atoms with van der Waals surface area (Å²) >= 11 is 1.59. The van der Waals surface area contributed by atoms with Crippen molar-refractivity contribution in [2.24, 2.45) is 0 Å². The van der Waals surface area contributed by atoms with Crippen LogP contribution >= 0.6 is 11.8 Å². The van der Waals surface area contributed by atoms with Gasteiger partial charge in [-0.1, -0.05) is 30.0 Å². The Kier molecular flexibility index (Phi) is 5.52. The molecular weight excluding hydrogens is 324 g/mol. The molecule has 7 heteroatoms. The van der Waals surface area contributed by atoms with Crippen molar-refractivity contribution in [3.05, 3.63) is 41.2 Å². The second-order valence-corrected chi connectivity index (χ2v) is 6.71. The first kappa shape index (κ1) is 17.0. The molecule has 1 N–H and O–H groups in total. The Balaban J connectivity index is 1.71. The normalized spacial score (nSPS) is 13.9. The van der Waals surface area contributed by atoms with E-state index in [2.05, 4.69) is 22.4 Å². The predicted octanol–water partition coefficient (Wildman–Crippen LogP) is 2.63. The molecule has 1 aromatic heterocycles. The number of nitrogens with one attached hydrogen (secondary N) is 1. The molecule has 1 fully saturated rings. The van der Waals surface area contributed by atoms with Gasteiger partial charge < -0.3 is 14.6 Å². The number of carbonyl (C=O) groups excluding carboxylic acids is 1. The van der Waals surface area contributed by atoms with E-state index in [-0.39, 0.29) is 5.91 Å². The molecule has 6 nitrogen and oxygen atoms in total. The molecule has 2 aromatic rings. The Morgan fingerprint density at radius 3 is 2.88 bits per heavy atom. The standard InChI is InChI=1S/C17H22N4O2S/c1-3-21-15(10-23-2)19-20-17(21)24-11-12-6-4-5-7-14(12)16(22)18-13-8-9-13/h4-7,13H,3,8-11H2,1-2H3,(H,18,22). The zero-order valence-corrected chi connectivity index (χ0v) is 14.8. The van der Waals surface area contributed by atoms with Gasteiger partial charge in [0.15, 0.2) is 11.0 Å². The van der Waals surface area contributed by atoms with Crippen LogP contribution in [0.2, 0.25) is 0 Å². The lowest BCUT2D eigenvalue weighted by atomic mass is 10.1. The maximum absolute atomic E-state index is 12.4. The minimum atomic E-state index is 0.0192. The summed E-state index contributed by atoms with van der Waals surface area (Å²) in [6, 6.07) is 8.11. The molecule has 1 saturated carbocycles. The highest BCUT2D eigenvalue weighted by molar-refractivity contribution is 7.98. The number of thioether (sulfide) groups is 1.